The van der Waals surface area contributed by atoms with E-state index >= 15 is 0 Å². The highest BCUT2D eigenvalue weighted by atomic mass is 35.5. The van der Waals surface area contributed by atoms with Crippen LogP contribution in [-0.4, -0.2) is 54.7 Å². The number of amides is 1. The van der Waals surface area contributed by atoms with Gasteiger partial charge in [-0.15, -0.1) is 0 Å². The lowest BCUT2D eigenvalue weighted by molar-refractivity contribution is 0.0696. The van der Waals surface area contributed by atoms with Crippen LogP contribution in [0.1, 0.15) is 10.4 Å². The summed E-state index contributed by atoms with van der Waals surface area (Å²) in [6.45, 7) is 0.540. The normalized spacial score (nSPS) is 15.8. The molecule has 26 heavy (non-hydrogen) atoms. The zero-order valence-corrected chi connectivity index (χ0v) is 15.8. The molecule has 3 rings (SSSR count). The van der Waals surface area contributed by atoms with E-state index in [4.69, 9.17) is 23.2 Å². The number of pyridine rings is 1. The molecule has 0 bridgehead atoms. The fourth-order valence-corrected chi connectivity index (χ4v) is 4.87. The summed E-state index contributed by atoms with van der Waals surface area (Å²) in [6.07, 6.45) is 1.44. The fraction of sp³-hybridized carbons (Fsp3) is 0.250. The summed E-state index contributed by atoms with van der Waals surface area (Å²) < 4.78 is 26.8. The number of halogens is 2. The number of nitrogens with one attached hydrogen (secondary N) is 1. The third-order valence-electron chi connectivity index (χ3n) is 4.11. The Morgan fingerprint density at radius 3 is 2.38 bits per heavy atom. The molecule has 1 aromatic carbocycles. The SMILES string of the molecule is O=C(c1ccc[nH]c1=O)N1CCN(S(=O)(=O)c2cccc(Cl)c2Cl)CC1. The Hall–Kier alpha value is -1.87. The van der Waals surface area contributed by atoms with Gasteiger partial charge in [0, 0.05) is 32.4 Å². The van der Waals surface area contributed by atoms with Crippen molar-refractivity contribution in [3.05, 3.63) is 62.5 Å². The monoisotopic (exact) mass is 415 g/mol. The topological polar surface area (TPSA) is 90.6 Å². The number of hydrogen-bond acceptors (Lipinski definition) is 4. The van der Waals surface area contributed by atoms with Crippen LogP contribution in [0.15, 0.2) is 46.2 Å². The zero-order chi connectivity index (χ0) is 18.9. The second-order valence-corrected chi connectivity index (χ2v) is 8.35. The van der Waals surface area contributed by atoms with Gasteiger partial charge < -0.3 is 9.88 Å². The lowest BCUT2D eigenvalue weighted by Crippen LogP contribution is -2.51. The maximum atomic E-state index is 12.8. The van der Waals surface area contributed by atoms with E-state index in [0.29, 0.717) is 0 Å². The number of carbonyl (C=O) groups is 1. The van der Waals surface area contributed by atoms with Gasteiger partial charge in [-0.25, -0.2) is 8.42 Å². The van der Waals surface area contributed by atoms with Gasteiger partial charge in [0.2, 0.25) is 10.0 Å². The van der Waals surface area contributed by atoms with Gasteiger partial charge in [-0.1, -0.05) is 29.3 Å². The summed E-state index contributed by atoms with van der Waals surface area (Å²) in [5.74, 6) is -0.426. The fourth-order valence-electron chi connectivity index (χ4n) is 2.71. The quantitative estimate of drug-likeness (QED) is 0.827. The first-order valence-electron chi connectivity index (χ1n) is 7.73. The first-order valence-corrected chi connectivity index (χ1v) is 9.93. The predicted molar refractivity (Wildman–Crippen MR) is 98.2 cm³/mol. The van der Waals surface area contributed by atoms with Crippen LogP contribution >= 0.6 is 23.2 Å². The summed E-state index contributed by atoms with van der Waals surface area (Å²) >= 11 is 11.9. The van der Waals surface area contributed by atoms with Crippen molar-refractivity contribution < 1.29 is 13.2 Å². The molecule has 1 aliphatic heterocycles. The first-order chi connectivity index (χ1) is 12.3. The minimum absolute atomic E-state index is 0.0245. The third kappa shape index (κ3) is 3.50. The number of benzene rings is 1. The number of nitrogens with zero attached hydrogens (tertiary/aromatic N) is 2. The molecule has 138 valence electrons. The highest BCUT2D eigenvalue weighted by Gasteiger charge is 2.32. The van der Waals surface area contributed by atoms with E-state index < -0.39 is 21.5 Å². The Balaban J connectivity index is 1.76. The van der Waals surface area contributed by atoms with Gasteiger partial charge in [-0.05, 0) is 24.3 Å². The Labute approximate surface area is 160 Å². The molecule has 0 saturated carbocycles. The van der Waals surface area contributed by atoms with Crippen LogP contribution in [-0.2, 0) is 10.0 Å². The van der Waals surface area contributed by atoms with Gasteiger partial charge in [0.25, 0.3) is 11.5 Å². The number of H-pyrrole nitrogens is 1. The molecule has 7 nitrogen and oxygen atoms in total. The Kier molecular flexibility index (Phi) is 5.38. The molecule has 0 radical (unpaired) electrons. The minimum atomic E-state index is -3.83. The van der Waals surface area contributed by atoms with Crippen LogP contribution in [0.2, 0.25) is 10.0 Å². The first kappa shape index (κ1) is 18.9. The Morgan fingerprint density at radius 2 is 1.73 bits per heavy atom. The third-order valence-corrected chi connectivity index (χ3v) is 6.98. The number of hydrogen-bond donors (Lipinski definition) is 1. The molecule has 1 saturated heterocycles. The van der Waals surface area contributed by atoms with Gasteiger partial charge in [0.1, 0.15) is 10.5 Å². The molecule has 10 heteroatoms. The van der Waals surface area contributed by atoms with E-state index in [1.54, 1.807) is 6.07 Å². The summed E-state index contributed by atoms with van der Waals surface area (Å²) in [4.78, 5) is 28.0. The summed E-state index contributed by atoms with van der Waals surface area (Å²) in [5.41, 5.74) is -0.444. The van der Waals surface area contributed by atoms with Gasteiger partial charge in [0.05, 0.1) is 10.0 Å². The maximum absolute atomic E-state index is 12.8. The minimum Gasteiger partial charge on any atom is -0.336 e. The molecule has 0 aliphatic carbocycles. The molecule has 1 amide bonds. The van der Waals surface area contributed by atoms with Crippen LogP contribution in [0, 0.1) is 0 Å². The zero-order valence-electron chi connectivity index (χ0n) is 13.5. The van der Waals surface area contributed by atoms with Crippen LogP contribution in [0.4, 0.5) is 0 Å². The molecule has 1 fully saturated rings. The van der Waals surface area contributed by atoms with Gasteiger partial charge in [0.15, 0.2) is 0 Å². The summed E-state index contributed by atoms with van der Waals surface area (Å²) in [6, 6.07) is 7.43. The highest BCUT2D eigenvalue weighted by molar-refractivity contribution is 7.89. The van der Waals surface area contributed by atoms with Crippen molar-refractivity contribution in [1.29, 1.82) is 0 Å². The van der Waals surface area contributed by atoms with E-state index in [1.165, 1.54) is 39.7 Å². The second-order valence-electron chi connectivity index (χ2n) is 5.66. The number of aromatic nitrogens is 1. The average molecular weight is 416 g/mol. The van der Waals surface area contributed by atoms with E-state index in [-0.39, 0.29) is 46.7 Å². The molecular weight excluding hydrogens is 401 g/mol. The van der Waals surface area contributed by atoms with Crippen LogP contribution < -0.4 is 5.56 Å². The van der Waals surface area contributed by atoms with Crippen LogP contribution in [0.5, 0.6) is 0 Å². The largest absolute Gasteiger partial charge is 0.336 e. The van der Waals surface area contributed by atoms with Crippen molar-refractivity contribution in [2.75, 3.05) is 26.2 Å². The lowest BCUT2D eigenvalue weighted by Gasteiger charge is -2.34. The van der Waals surface area contributed by atoms with Crippen LogP contribution in [0.3, 0.4) is 0 Å². The maximum Gasteiger partial charge on any atom is 0.260 e. The Morgan fingerprint density at radius 1 is 1.04 bits per heavy atom. The van der Waals surface area contributed by atoms with Crippen molar-refractivity contribution in [2.45, 2.75) is 4.90 Å². The van der Waals surface area contributed by atoms with Gasteiger partial charge in [-0.3, -0.25) is 9.59 Å². The molecule has 1 aromatic heterocycles. The smallest absolute Gasteiger partial charge is 0.260 e. The Bertz CT molecular complexity index is 999. The number of sulfonamides is 1. The number of piperazine rings is 1. The number of aromatic amines is 1. The number of rotatable bonds is 3. The summed E-state index contributed by atoms with van der Waals surface area (Å²) in [5, 5.41) is 0.133. The lowest BCUT2D eigenvalue weighted by atomic mass is 10.2. The van der Waals surface area contributed by atoms with E-state index in [1.807, 2.05) is 0 Å². The van der Waals surface area contributed by atoms with Gasteiger partial charge >= 0.3 is 0 Å². The molecule has 0 unspecified atom stereocenters. The van der Waals surface area contributed by atoms with E-state index in [0.717, 1.165) is 0 Å². The molecule has 2 heterocycles. The molecule has 1 aliphatic rings. The van der Waals surface area contributed by atoms with Crippen molar-refractivity contribution in [2.24, 2.45) is 0 Å². The standard InChI is InChI=1S/C16H15Cl2N3O4S/c17-12-4-1-5-13(14(12)18)26(24,25)21-9-7-20(8-10-21)16(23)11-3-2-6-19-15(11)22/h1-6H,7-10H2,(H,19,22). The number of carbonyl (C=O) groups excluding carboxylic acids is 1. The predicted octanol–water partition coefficient (Wildman–Crippen LogP) is 1.83. The van der Waals surface area contributed by atoms with Crippen molar-refractivity contribution >= 4 is 39.1 Å². The van der Waals surface area contributed by atoms with E-state index in [9.17, 15) is 18.0 Å². The molecule has 2 aromatic rings. The molecule has 1 N–H and O–H groups in total. The van der Waals surface area contributed by atoms with Crippen molar-refractivity contribution in [1.82, 2.24) is 14.2 Å². The molecular formula is C16H15Cl2N3O4S. The van der Waals surface area contributed by atoms with E-state index in [2.05, 4.69) is 4.98 Å². The summed E-state index contributed by atoms with van der Waals surface area (Å²) in [7, 11) is -3.83. The highest BCUT2D eigenvalue weighted by Crippen LogP contribution is 2.31. The van der Waals surface area contributed by atoms with Crippen molar-refractivity contribution in [3.63, 3.8) is 0 Å². The van der Waals surface area contributed by atoms with Crippen LogP contribution in [0.25, 0.3) is 0 Å². The molecule has 0 atom stereocenters. The second kappa shape index (κ2) is 7.40. The van der Waals surface area contributed by atoms with Gasteiger partial charge in [-0.2, -0.15) is 4.31 Å². The molecule has 0 spiro atoms. The average Bonchev–Trinajstić information content (AvgIpc) is 2.64. The van der Waals surface area contributed by atoms with Crippen molar-refractivity contribution in [3.8, 4) is 0 Å².